The average Bonchev–Trinajstić information content (AvgIpc) is 2.07. The molecule has 0 unspecified atom stereocenters. The zero-order valence-corrected chi connectivity index (χ0v) is 7.97. The first kappa shape index (κ1) is 12.5. The molecule has 0 heterocycles. The van der Waals surface area contributed by atoms with Gasteiger partial charge in [-0.2, -0.15) is 0 Å². The van der Waals surface area contributed by atoms with E-state index >= 15 is 0 Å². The lowest BCUT2D eigenvalue weighted by Gasteiger charge is -2.10. The molecule has 0 radical (unpaired) electrons. The molecule has 0 aliphatic carbocycles. The van der Waals surface area contributed by atoms with Crippen molar-refractivity contribution in [1.82, 2.24) is 0 Å². The Labute approximate surface area is 90.5 Å². The van der Waals surface area contributed by atoms with Crippen molar-refractivity contribution in [3.8, 4) is 5.75 Å². The monoisotopic (exact) mass is 259 g/mol. The number of hydrogen-bond acceptors (Lipinski definition) is 3. The van der Waals surface area contributed by atoms with Gasteiger partial charge in [0.15, 0.2) is 0 Å². The van der Waals surface area contributed by atoms with Crippen molar-refractivity contribution in [3.05, 3.63) is 33.1 Å². The molecule has 16 heavy (non-hydrogen) atoms. The van der Waals surface area contributed by atoms with Crippen molar-refractivity contribution in [3.63, 3.8) is 0 Å². The van der Waals surface area contributed by atoms with Crippen LogP contribution in [0.4, 0.5) is 23.2 Å². The summed E-state index contributed by atoms with van der Waals surface area (Å²) >= 11 is 5.22. The first-order valence-corrected chi connectivity index (χ1v) is 3.97. The zero-order valence-electron chi connectivity index (χ0n) is 7.22. The third kappa shape index (κ3) is 2.96. The van der Waals surface area contributed by atoms with Gasteiger partial charge in [-0.25, -0.2) is 4.39 Å². The van der Waals surface area contributed by atoms with E-state index in [1.54, 1.807) is 0 Å². The van der Waals surface area contributed by atoms with Crippen LogP contribution < -0.4 is 4.74 Å². The summed E-state index contributed by atoms with van der Waals surface area (Å²) in [7, 11) is 0. The van der Waals surface area contributed by atoms with Crippen LogP contribution in [0, 0.1) is 15.9 Å². The quantitative estimate of drug-likeness (QED) is 0.465. The van der Waals surface area contributed by atoms with Crippen molar-refractivity contribution >= 4 is 17.3 Å². The maximum absolute atomic E-state index is 12.7. The third-order valence-electron chi connectivity index (χ3n) is 1.40. The van der Waals surface area contributed by atoms with E-state index in [0.717, 1.165) is 0 Å². The number of ether oxygens (including phenoxy) is 1. The molecule has 88 valence electrons. The molecule has 9 heteroatoms. The molecule has 0 atom stereocenters. The van der Waals surface area contributed by atoms with Crippen LogP contribution in [-0.4, -0.2) is 11.3 Å². The highest BCUT2D eigenvalue weighted by Crippen LogP contribution is 2.38. The fraction of sp³-hybridized carbons (Fsp3) is 0.143. The Hall–Kier alpha value is -1.57. The summed E-state index contributed by atoms with van der Waals surface area (Å²) in [5.74, 6) is -2.37. The van der Waals surface area contributed by atoms with Gasteiger partial charge in [0, 0.05) is 0 Å². The Morgan fingerprint density at radius 2 is 1.94 bits per heavy atom. The maximum atomic E-state index is 12.7. The van der Waals surface area contributed by atoms with Gasteiger partial charge in [0.25, 0.3) is 0 Å². The van der Waals surface area contributed by atoms with Gasteiger partial charge in [-0.05, 0) is 6.07 Å². The summed E-state index contributed by atoms with van der Waals surface area (Å²) in [5, 5.41) is 9.52. The van der Waals surface area contributed by atoms with Crippen molar-refractivity contribution < 1.29 is 27.2 Å². The summed E-state index contributed by atoms with van der Waals surface area (Å²) in [6, 6.07) is 0.766. The molecule has 1 aromatic carbocycles. The van der Waals surface area contributed by atoms with Crippen LogP contribution in [-0.2, 0) is 0 Å². The Morgan fingerprint density at radius 1 is 1.38 bits per heavy atom. The predicted molar refractivity (Wildman–Crippen MR) is 44.7 cm³/mol. The summed E-state index contributed by atoms with van der Waals surface area (Å²) < 4.78 is 51.6. The smallest absolute Gasteiger partial charge is 0.397 e. The lowest BCUT2D eigenvalue weighted by atomic mass is 10.3. The molecule has 0 fully saturated rings. The lowest BCUT2D eigenvalue weighted by Crippen LogP contribution is -2.18. The topological polar surface area (TPSA) is 52.4 Å². The molecule has 1 rings (SSSR count). The SMILES string of the molecule is O=[N+]([O-])c1cc(F)cc(Cl)c1OC(F)(F)F. The summed E-state index contributed by atoms with van der Waals surface area (Å²) in [6.07, 6.45) is -5.15. The molecule has 0 aliphatic heterocycles. The Kier molecular flexibility index (Phi) is 3.22. The highest BCUT2D eigenvalue weighted by Gasteiger charge is 2.36. The molecule has 0 N–H and O–H groups in total. The first-order valence-electron chi connectivity index (χ1n) is 3.60. The van der Waals surface area contributed by atoms with Gasteiger partial charge in [0.05, 0.1) is 16.0 Å². The highest BCUT2D eigenvalue weighted by molar-refractivity contribution is 6.32. The summed E-state index contributed by atoms with van der Waals surface area (Å²) in [5.41, 5.74) is -1.19. The third-order valence-corrected chi connectivity index (χ3v) is 1.68. The Morgan fingerprint density at radius 3 is 2.38 bits per heavy atom. The normalized spacial score (nSPS) is 11.3. The van der Waals surface area contributed by atoms with Crippen LogP contribution in [0.3, 0.4) is 0 Å². The van der Waals surface area contributed by atoms with Gasteiger partial charge in [-0.3, -0.25) is 10.1 Å². The number of alkyl halides is 3. The van der Waals surface area contributed by atoms with Gasteiger partial charge < -0.3 is 4.74 Å². The molecule has 1 aromatic rings. The van der Waals surface area contributed by atoms with Gasteiger partial charge in [0.1, 0.15) is 5.82 Å². The number of nitro benzene ring substituents is 1. The molecule has 0 bridgehead atoms. The Bertz CT molecular complexity index is 434. The van der Waals surface area contributed by atoms with Crippen LogP contribution in [0.2, 0.25) is 5.02 Å². The standard InChI is InChI=1S/C7H2ClF4NO3/c8-4-1-3(9)2-5(13(14)15)6(4)16-7(10,11)12/h1-2H. The minimum Gasteiger partial charge on any atom is -0.397 e. The molecule has 0 saturated heterocycles. The van der Waals surface area contributed by atoms with E-state index in [4.69, 9.17) is 11.6 Å². The molecular weight excluding hydrogens is 258 g/mol. The molecular formula is C7H2ClF4NO3. The second-order valence-electron chi connectivity index (χ2n) is 2.54. The summed E-state index contributed by atoms with van der Waals surface area (Å²) in [4.78, 5) is 9.12. The van der Waals surface area contributed by atoms with Crippen LogP contribution in [0.5, 0.6) is 5.75 Å². The van der Waals surface area contributed by atoms with E-state index in [1.165, 1.54) is 0 Å². The molecule has 0 amide bonds. The lowest BCUT2D eigenvalue weighted by molar-refractivity contribution is -0.388. The van der Waals surface area contributed by atoms with E-state index in [0.29, 0.717) is 6.07 Å². The van der Waals surface area contributed by atoms with Crippen molar-refractivity contribution in [2.45, 2.75) is 6.36 Å². The van der Waals surface area contributed by atoms with Crippen LogP contribution in [0.25, 0.3) is 0 Å². The zero-order chi connectivity index (χ0) is 12.5. The fourth-order valence-corrected chi connectivity index (χ4v) is 1.14. The van der Waals surface area contributed by atoms with Crippen molar-refractivity contribution in [2.75, 3.05) is 0 Å². The number of rotatable bonds is 2. The van der Waals surface area contributed by atoms with Crippen molar-refractivity contribution in [1.29, 1.82) is 0 Å². The van der Waals surface area contributed by atoms with Crippen LogP contribution in [0.1, 0.15) is 0 Å². The number of halogens is 5. The number of benzene rings is 1. The molecule has 0 saturated carbocycles. The second kappa shape index (κ2) is 4.12. The van der Waals surface area contributed by atoms with Gasteiger partial charge in [-0.15, -0.1) is 13.2 Å². The number of nitro groups is 1. The van der Waals surface area contributed by atoms with E-state index < -0.39 is 33.6 Å². The highest BCUT2D eigenvalue weighted by atomic mass is 35.5. The van der Waals surface area contributed by atoms with Gasteiger partial charge in [0.2, 0.25) is 5.75 Å². The van der Waals surface area contributed by atoms with E-state index in [2.05, 4.69) is 4.74 Å². The number of nitrogens with zero attached hydrogens (tertiary/aromatic N) is 1. The van der Waals surface area contributed by atoms with E-state index in [-0.39, 0.29) is 6.07 Å². The number of hydrogen-bond donors (Lipinski definition) is 0. The fourth-order valence-electron chi connectivity index (χ4n) is 0.899. The maximum Gasteiger partial charge on any atom is 0.573 e. The Balaban J connectivity index is 3.30. The van der Waals surface area contributed by atoms with E-state index in [9.17, 15) is 27.7 Å². The molecule has 0 aromatic heterocycles. The molecule has 0 spiro atoms. The minimum absolute atomic E-state index is 0.285. The average molecular weight is 260 g/mol. The molecule has 0 aliphatic rings. The second-order valence-corrected chi connectivity index (χ2v) is 2.95. The van der Waals surface area contributed by atoms with Crippen LogP contribution in [0.15, 0.2) is 12.1 Å². The van der Waals surface area contributed by atoms with Crippen LogP contribution >= 0.6 is 11.6 Å². The van der Waals surface area contributed by atoms with Gasteiger partial charge in [-0.1, -0.05) is 11.6 Å². The summed E-state index contributed by atoms with van der Waals surface area (Å²) in [6.45, 7) is 0. The first-order chi connectivity index (χ1) is 7.20. The predicted octanol–water partition coefficient (Wildman–Crippen LogP) is 3.29. The van der Waals surface area contributed by atoms with E-state index in [1.807, 2.05) is 0 Å². The minimum atomic E-state index is -5.15. The largest absolute Gasteiger partial charge is 0.573 e. The molecule has 4 nitrogen and oxygen atoms in total. The van der Waals surface area contributed by atoms with Crippen molar-refractivity contribution in [2.24, 2.45) is 0 Å². The van der Waals surface area contributed by atoms with Gasteiger partial charge >= 0.3 is 12.0 Å².